The van der Waals surface area contributed by atoms with Crippen molar-refractivity contribution in [1.29, 1.82) is 0 Å². The van der Waals surface area contributed by atoms with Crippen LogP contribution in [0.2, 0.25) is 0 Å². The van der Waals surface area contributed by atoms with Crippen molar-refractivity contribution < 1.29 is 18.0 Å². The number of aryl methyl sites for hydroxylation is 1. The molecule has 2 heterocycles. The van der Waals surface area contributed by atoms with Crippen LogP contribution in [0.4, 0.5) is 0 Å². The monoisotopic (exact) mass is 420 g/mol. The van der Waals surface area contributed by atoms with E-state index in [0.717, 1.165) is 0 Å². The van der Waals surface area contributed by atoms with Crippen LogP contribution in [-0.4, -0.2) is 65.8 Å². The summed E-state index contributed by atoms with van der Waals surface area (Å²) >= 11 is 0. The summed E-state index contributed by atoms with van der Waals surface area (Å²) in [5.41, 5.74) is 0.419. The van der Waals surface area contributed by atoms with Crippen LogP contribution in [0, 0.1) is 0 Å². The number of benzene rings is 1. The van der Waals surface area contributed by atoms with E-state index in [0.29, 0.717) is 36.8 Å². The molecule has 156 valence electrons. The summed E-state index contributed by atoms with van der Waals surface area (Å²) < 4.78 is 26.0. The largest absolute Gasteiger partial charge is 0.358 e. The number of fused-ring (bicyclic) bond motifs is 1. The molecule has 0 radical (unpaired) electrons. The molecule has 0 bridgehead atoms. The summed E-state index contributed by atoms with van der Waals surface area (Å²) in [6.45, 7) is 0.854. The minimum atomic E-state index is -3.53. The Labute approximate surface area is 168 Å². The van der Waals surface area contributed by atoms with Crippen molar-refractivity contribution in [2.75, 3.05) is 25.9 Å². The fourth-order valence-corrected chi connectivity index (χ4v) is 5.15. The summed E-state index contributed by atoms with van der Waals surface area (Å²) in [7, 11) is -2.13. The molecule has 2 aromatic rings. The smallest absolute Gasteiger partial charge is 0.261 e. The number of aromatic nitrogens is 2. The molecule has 1 N–H and O–H groups in total. The van der Waals surface area contributed by atoms with Crippen molar-refractivity contribution in [2.45, 2.75) is 31.1 Å². The minimum Gasteiger partial charge on any atom is -0.358 e. The highest BCUT2D eigenvalue weighted by molar-refractivity contribution is 7.92. The van der Waals surface area contributed by atoms with Gasteiger partial charge in [-0.05, 0) is 25.0 Å². The van der Waals surface area contributed by atoms with Gasteiger partial charge in [-0.1, -0.05) is 12.1 Å². The van der Waals surface area contributed by atoms with Gasteiger partial charge in [0.05, 0.1) is 22.5 Å². The zero-order chi connectivity index (χ0) is 21.0. The number of hydrogen-bond acceptors (Lipinski definition) is 6. The molecule has 1 fully saturated rings. The number of sulfone groups is 1. The van der Waals surface area contributed by atoms with Crippen LogP contribution in [-0.2, 0) is 26.0 Å². The first-order chi connectivity index (χ1) is 13.8. The minimum absolute atomic E-state index is 0.132. The normalized spacial score (nSPS) is 15.4. The fraction of sp³-hybridized carbons (Fsp3) is 0.474. The lowest BCUT2D eigenvalue weighted by Crippen LogP contribution is -2.44. The van der Waals surface area contributed by atoms with Gasteiger partial charge in [0.15, 0.2) is 9.84 Å². The summed E-state index contributed by atoms with van der Waals surface area (Å²) in [6.07, 6.45) is 2.19. The number of para-hydroxylation sites is 1. The summed E-state index contributed by atoms with van der Waals surface area (Å²) in [4.78, 5) is 42.2. The van der Waals surface area contributed by atoms with E-state index in [-0.39, 0.29) is 24.4 Å². The number of hydrogen-bond donors (Lipinski definition) is 1. The predicted octanol–water partition coefficient (Wildman–Crippen LogP) is -0.0616. The van der Waals surface area contributed by atoms with Crippen LogP contribution in [0.3, 0.4) is 0 Å². The van der Waals surface area contributed by atoms with Crippen LogP contribution in [0.1, 0.15) is 19.3 Å². The number of nitrogens with zero attached hydrogens (tertiary/aromatic N) is 3. The molecule has 1 aliphatic heterocycles. The lowest BCUT2D eigenvalue weighted by molar-refractivity contribution is -0.132. The molecule has 1 aromatic carbocycles. The highest BCUT2D eigenvalue weighted by atomic mass is 32.2. The Morgan fingerprint density at radius 1 is 1.21 bits per heavy atom. The van der Waals surface area contributed by atoms with E-state index in [1.54, 1.807) is 29.2 Å². The first-order valence-corrected chi connectivity index (χ1v) is 11.2. The fourth-order valence-electron chi connectivity index (χ4n) is 3.48. The number of nitrogens with one attached hydrogen (secondary N) is 1. The molecule has 1 aliphatic rings. The number of piperidine rings is 1. The van der Waals surface area contributed by atoms with E-state index in [2.05, 4.69) is 10.3 Å². The van der Waals surface area contributed by atoms with Gasteiger partial charge in [-0.2, -0.15) is 0 Å². The first kappa shape index (κ1) is 21.0. The second-order valence-corrected chi connectivity index (χ2v) is 9.35. The number of carbonyl (C=O) groups is 2. The number of rotatable bonds is 6. The SMILES string of the molecule is CNC(=O)CS(=O)(=O)C1CCN(C(=O)CCn2cnc3ccccc3c2=O)CC1. The third kappa shape index (κ3) is 4.81. The maximum atomic E-state index is 12.5. The van der Waals surface area contributed by atoms with Crippen LogP contribution < -0.4 is 10.9 Å². The van der Waals surface area contributed by atoms with E-state index >= 15 is 0 Å². The molecule has 29 heavy (non-hydrogen) atoms. The van der Waals surface area contributed by atoms with Gasteiger partial charge < -0.3 is 10.2 Å². The van der Waals surface area contributed by atoms with Gasteiger partial charge in [0.1, 0.15) is 5.75 Å². The van der Waals surface area contributed by atoms with E-state index < -0.39 is 26.7 Å². The number of likely N-dealkylation sites (tertiary alicyclic amines) is 1. The van der Waals surface area contributed by atoms with Crippen molar-refractivity contribution in [2.24, 2.45) is 0 Å². The molecule has 0 spiro atoms. The summed E-state index contributed by atoms with van der Waals surface area (Å²) in [5, 5.41) is 2.21. The van der Waals surface area contributed by atoms with Gasteiger partial charge in [-0.25, -0.2) is 13.4 Å². The molecule has 10 heteroatoms. The van der Waals surface area contributed by atoms with Crippen molar-refractivity contribution in [3.05, 3.63) is 40.9 Å². The first-order valence-electron chi connectivity index (χ1n) is 9.46. The second-order valence-electron chi connectivity index (χ2n) is 7.07. The van der Waals surface area contributed by atoms with Gasteiger partial charge in [0.2, 0.25) is 11.8 Å². The average Bonchev–Trinajstić information content (AvgIpc) is 2.73. The van der Waals surface area contributed by atoms with Gasteiger partial charge in [-0.15, -0.1) is 0 Å². The molecule has 1 aromatic heterocycles. The zero-order valence-electron chi connectivity index (χ0n) is 16.2. The van der Waals surface area contributed by atoms with Gasteiger partial charge in [0, 0.05) is 33.1 Å². The lowest BCUT2D eigenvalue weighted by Gasteiger charge is -2.31. The predicted molar refractivity (Wildman–Crippen MR) is 108 cm³/mol. The molecule has 0 saturated carbocycles. The average molecular weight is 420 g/mol. The molecular weight excluding hydrogens is 396 g/mol. The van der Waals surface area contributed by atoms with Crippen molar-refractivity contribution in [3.8, 4) is 0 Å². The molecule has 0 atom stereocenters. The van der Waals surface area contributed by atoms with Crippen LogP contribution in [0.15, 0.2) is 35.4 Å². The molecule has 9 nitrogen and oxygen atoms in total. The second kappa shape index (κ2) is 8.73. The standard InChI is InChI=1S/C19H24N4O5S/c1-20-17(24)12-29(27,28)14-6-9-22(10-7-14)18(25)8-11-23-13-21-16-5-3-2-4-15(16)19(23)26/h2-5,13-14H,6-12H2,1H3,(H,20,24). The quantitative estimate of drug-likeness (QED) is 0.699. The lowest BCUT2D eigenvalue weighted by atomic mass is 10.1. The zero-order valence-corrected chi connectivity index (χ0v) is 17.0. The highest BCUT2D eigenvalue weighted by Crippen LogP contribution is 2.19. The Morgan fingerprint density at radius 3 is 2.59 bits per heavy atom. The summed E-state index contributed by atoms with van der Waals surface area (Å²) in [6, 6.07) is 7.03. The molecule has 0 aliphatic carbocycles. The van der Waals surface area contributed by atoms with Crippen molar-refractivity contribution in [3.63, 3.8) is 0 Å². The highest BCUT2D eigenvalue weighted by Gasteiger charge is 2.32. The van der Waals surface area contributed by atoms with Gasteiger partial charge in [0.25, 0.3) is 5.56 Å². The van der Waals surface area contributed by atoms with Crippen molar-refractivity contribution in [1.82, 2.24) is 19.8 Å². The Balaban J connectivity index is 1.56. The molecular formula is C19H24N4O5S. The maximum Gasteiger partial charge on any atom is 0.261 e. The molecule has 2 amide bonds. The van der Waals surface area contributed by atoms with Crippen LogP contribution in [0.25, 0.3) is 10.9 Å². The van der Waals surface area contributed by atoms with Crippen LogP contribution >= 0.6 is 0 Å². The Morgan fingerprint density at radius 2 is 1.90 bits per heavy atom. The third-order valence-electron chi connectivity index (χ3n) is 5.21. The van der Waals surface area contributed by atoms with Crippen LogP contribution in [0.5, 0.6) is 0 Å². The third-order valence-corrected chi connectivity index (χ3v) is 7.36. The maximum absolute atomic E-state index is 12.5. The molecule has 3 rings (SSSR count). The summed E-state index contributed by atoms with van der Waals surface area (Å²) in [5.74, 6) is -1.19. The number of carbonyl (C=O) groups excluding carboxylic acids is 2. The Kier molecular flexibility index (Phi) is 6.31. The Bertz CT molecular complexity index is 1070. The van der Waals surface area contributed by atoms with E-state index in [1.807, 2.05) is 0 Å². The number of amides is 2. The van der Waals surface area contributed by atoms with Crippen molar-refractivity contribution >= 4 is 32.6 Å². The topological polar surface area (TPSA) is 118 Å². The Hall–Kier alpha value is -2.75. The molecule has 1 saturated heterocycles. The van der Waals surface area contributed by atoms with E-state index in [1.165, 1.54) is 17.9 Å². The van der Waals surface area contributed by atoms with E-state index in [4.69, 9.17) is 0 Å². The van der Waals surface area contributed by atoms with Gasteiger partial charge in [-0.3, -0.25) is 19.0 Å². The van der Waals surface area contributed by atoms with Gasteiger partial charge >= 0.3 is 0 Å². The molecule has 0 unspecified atom stereocenters. The van der Waals surface area contributed by atoms with E-state index in [9.17, 15) is 22.8 Å².